The molecule has 3 rings (SSSR count). The number of carbonyl (C=O) groups is 1. The van der Waals surface area contributed by atoms with E-state index in [1.54, 1.807) is 28.0 Å². The van der Waals surface area contributed by atoms with Crippen LogP contribution in [0.4, 0.5) is 10.1 Å². The Bertz CT molecular complexity index is 999. The minimum Gasteiger partial charge on any atom is -0.458 e. The summed E-state index contributed by atoms with van der Waals surface area (Å²) in [6.45, 7) is 5.09. The summed E-state index contributed by atoms with van der Waals surface area (Å²) in [4.78, 5) is 29.1. The van der Waals surface area contributed by atoms with E-state index in [0.29, 0.717) is 23.6 Å². The van der Waals surface area contributed by atoms with Crippen LogP contribution in [0.15, 0.2) is 21.9 Å². The van der Waals surface area contributed by atoms with Crippen LogP contribution in [0.25, 0.3) is 0 Å². The molecule has 0 aliphatic carbocycles. The smallest absolute Gasteiger partial charge is 0.340 e. The maximum atomic E-state index is 14.4. The Balaban J connectivity index is 1.95. The van der Waals surface area contributed by atoms with Gasteiger partial charge in [-0.15, -0.1) is 0 Å². The van der Waals surface area contributed by atoms with Crippen molar-refractivity contribution in [2.24, 2.45) is 4.99 Å². The Morgan fingerprint density at radius 3 is 2.82 bits per heavy atom. The van der Waals surface area contributed by atoms with Crippen molar-refractivity contribution >= 4 is 46.4 Å². The maximum Gasteiger partial charge on any atom is 0.340 e. The Morgan fingerprint density at radius 1 is 1.39 bits per heavy atom. The summed E-state index contributed by atoms with van der Waals surface area (Å²) in [6.07, 6.45) is 1.56. The Labute approximate surface area is 175 Å². The molecule has 1 atom stereocenters. The molecule has 1 aromatic heterocycles. The molecule has 6 nitrogen and oxygen atoms in total. The van der Waals surface area contributed by atoms with Gasteiger partial charge in [-0.3, -0.25) is 9.48 Å². The molecule has 0 amide bonds. The summed E-state index contributed by atoms with van der Waals surface area (Å²) in [7, 11) is 0. The Kier molecular flexibility index (Phi) is 7.00. The SMILES string of the molecule is CCSCC(C)OC(=O)c1cc(N=c2sc(=O)n3n2CCCC3)c(F)cc1Cl. The first-order chi connectivity index (χ1) is 13.4. The summed E-state index contributed by atoms with van der Waals surface area (Å²) < 4.78 is 23.2. The lowest BCUT2D eigenvalue weighted by Crippen LogP contribution is -2.31. The first-order valence-corrected chi connectivity index (χ1v) is 11.4. The molecule has 0 saturated carbocycles. The molecule has 10 heteroatoms. The molecule has 2 aromatic rings. The first-order valence-electron chi connectivity index (χ1n) is 9.04. The third-order valence-electron chi connectivity index (χ3n) is 4.23. The zero-order valence-electron chi connectivity index (χ0n) is 15.6. The van der Waals surface area contributed by atoms with Gasteiger partial charge in [-0.05, 0) is 49.0 Å². The Morgan fingerprint density at radius 2 is 2.11 bits per heavy atom. The maximum absolute atomic E-state index is 14.4. The molecule has 1 aromatic carbocycles. The number of esters is 1. The number of hydrogen-bond donors (Lipinski definition) is 0. The number of halogens is 2. The van der Waals surface area contributed by atoms with Crippen molar-refractivity contribution in [3.8, 4) is 0 Å². The van der Waals surface area contributed by atoms with Gasteiger partial charge in [0.05, 0.1) is 10.6 Å². The molecule has 28 heavy (non-hydrogen) atoms. The number of hydrogen-bond acceptors (Lipinski definition) is 6. The van der Waals surface area contributed by atoms with E-state index in [1.807, 2.05) is 6.92 Å². The molecule has 0 saturated heterocycles. The third kappa shape index (κ3) is 4.69. The highest BCUT2D eigenvalue weighted by Gasteiger charge is 2.19. The molecule has 0 radical (unpaired) electrons. The van der Waals surface area contributed by atoms with Crippen LogP contribution >= 0.6 is 34.7 Å². The monoisotopic (exact) mass is 445 g/mol. The van der Waals surface area contributed by atoms with Crippen LogP contribution < -0.4 is 9.67 Å². The van der Waals surface area contributed by atoms with E-state index in [4.69, 9.17) is 16.3 Å². The number of carbonyl (C=O) groups excluding carboxylic acids is 1. The van der Waals surface area contributed by atoms with Gasteiger partial charge >= 0.3 is 10.8 Å². The van der Waals surface area contributed by atoms with Crippen LogP contribution in [0, 0.1) is 5.82 Å². The highest BCUT2D eigenvalue weighted by molar-refractivity contribution is 7.99. The van der Waals surface area contributed by atoms with Gasteiger partial charge in [-0.25, -0.2) is 18.9 Å². The van der Waals surface area contributed by atoms with Crippen LogP contribution in [0.5, 0.6) is 0 Å². The van der Waals surface area contributed by atoms with Gasteiger partial charge in [0.15, 0.2) is 0 Å². The highest BCUT2D eigenvalue weighted by atomic mass is 35.5. The van der Waals surface area contributed by atoms with Gasteiger partial charge in [0.1, 0.15) is 17.6 Å². The zero-order chi connectivity index (χ0) is 20.3. The van der Waals surface area contributed by atoms with E-state index in [1.165, 1.54) is 6.07 Å². The average molecular weight is 446 g/mol. The number of aromatic nitrogens is 2. The number of nitrogens with zero attached hydrogens (tertiary/aromatic N) is 3. The normalized spacial score (nSPS) is 15.4. The lowest BCUT2D eigenvalue weighted by Gasteiger charge is -2.16. The summed E-state index contributed by atoms with van der Waals surface area (Å²) in [6, 6.07) is 2.34. The fourth-order valence-corrected chi connectivity index (χ4v) is 4.62. The van der Waals surface area contributed by atoms with Crippen molar-refractivity contribution in [1.29, 1.82) is 0 Å². The topological polar surface area (TPSA) is 65.6 Å². The van der Waals surface area contributed by atoms with Crippen LogP contribution in [0.3, 0.4) is 0 Å². The number of ether oxygens (including phenoxy) is 1. The second kappa shape index (κ2) is 9.28. The molecule has 0 N–H and O–H groups in total. The standard InChI is InChI=1S/C18H21ClFN3O3S2/c1-3-27-10-11(2)26-16(24)12-8-15(14(20)9-13(12)19)21-17-22-6-4-5-7-23(22)18(25)28-17/h8-9,11H,3-7,10H2,1-2H3. The number of benzene rings is 1. The van der Waals surface area contributed by atoms with Crippen molar-refractivity contribution in [2.45, 2.75) is 45.9 Å². The van der Waals surface area contributed by atoms with Gasteiger partial charge in [-0.1, -0.05) is 18.5 Å². The molecule has 1 unspecified atom stereocenters. The highest BCUT2D eigenvalue weighted by Crippen LogP contribution is 2.27. The molecular weight excluding hydrogens is 425 g/mol. The molecule has 0 spiro atoms. The summed E-state index contributed by atoms with van der Waals surface area (Å²) >= 11 is 8.68. The molecule has 0 bridgehead atoms. The number of fused-ring (bicyclic) bond motifs is 1. The predicted molar refractivity (Wildman–Crippen MR) is 110 cm³/mol. The Hall–Kier alpha value is -1.58. The van der Waals surface area contributed by atoms with Gasteiger partial charge < -0.3 is 4.74 Å². The third-order valence-corrected chi connectivity index (χ3v) is 6.52. The van der Waals surface area contributed by atoms with Crippen molar-refractivity contribution in [2.75, 3.05) is 11.5 Å². The van der Waals surface area contributed by atoms with Crippen molar-refractivity contribution < 1.29 is 13.9 Å². The largest absolute Gasteiger partial charge is 0.458 e. The van der Waals surface area contributed by atoms with Crippen LogP contribution in [-0.4, -0.2) is 32.9 Å². The van der Waals surface area contributed by atoms with Gasteiger partial charge in [0.25, 0.3) is 0 Å². The van der Waals surface area contributed by atoms with E-state index in [-0.39, 0.29) is 27.3 Å². The van der Waals surface area contributed by atoms with Gasteiger partial charge in [0.2, 0.25) is 4.80 Å². The zero-order valence-corrected chi connectivity index (χ0v) is 18.0. The number of rotatable bonds is 6. The van der Waals surface area contributed by atoms with Crippen LogP contribution in [-0.2, 0) is 17.8 Å². The average Bonchev–Trinajstić information content (AvgIpc) is 2.98. The van der Waals surface area contributed by atoms with Gasteiger partial charge in [0, 0.05) is 18.8 Å². The van der Waals surface area contributed by atoms with E-state index in [0.717, 1.165) is 36.0 Å². The van der Waals surface area contributed by atoms with E-state index >= 15 is 0 Å². The van der Waals surface area contributed by atoms with Crippen LogP contribution in [0.1, 0.15) is 37.0 Å². The molecule has 1 aliphatic rings. The summed E-state index contributed by atoms with van der Waals surface area (Å²) in [5.74, 6) is 0.308. The second-order valence-electron chi connectivity index (χ2n) is 6.37. The molecule has 2 heterocycles. The molecule has 152 valence electrons. The van der Waals surface area contributed by atoms with Crippen molar-refractivity contribution in [3.05, 3.63) is 43.0 Å². The van der Waals surface area contributed by atoms with Crippen molar-refractivity contribution in [1.82, 2.24) is 9.36 Å². The van der Waals surface area contributed by atoms with Gasteiger partial charge in [-0.2, -0.15) is 11.8 Å². The molecular formula is C18H21ClFN3O3S2. The van der Waals surface area contributed by atoms with E-state index < -0.39 is 11.8 Å². The van der Waals surface area contributed by atoms with Crippen LogP contribution in [0.2, 0.25) is 5.02 Å². The van der Waals surface area contributed by atoms with E-state index in [2.05, 4.69) is 4.99 Å². The number of thioether (sulfide) groups is 1. The van der Waals surface area contributed by atoms with E-state index in [9.17, 15) is 14.0 Å². The van der Waals surface area contributed by atoms with Crippen molar-refractivity contribution in [3.63, 3.8) is 0 Å². The fraction of sp³-hybridized carbons (Fsp3) is 0.500. The molecule has 1 aliphatic heterocycles. The summed E-state index contributed by atoms with van der Waals surface area (Å²) in [5.41, 5.74) is 0.00949. The second-order valence-corrected chi connectivity index (χ2v) is 9.02. The molecule has 0 fully saturated rings. The first kappa shape index (κ1) is 21.1. The predicted octanol–water partition coefficient (Wildman–Crippen LogP) is 3.83. The fourth-order valence-electron chi connectivity index (χ4n) is 2.86. The summed E-state index contributed by atoms with van der Waals surface area (Å²) in [5, 5.41) is -0.0310. The minimum atomic E-state index is -0.660. The lowest BCUT2D eigenvalue weighted by atomic mass is 10.2. The quantitative estimate of drug-likeness (QED) is 0.634. The minimum absolute atomic E-state index is 0.0310. The lowest BCUT2D eigenvalue weighted by molar-refractivity contribution is 0.0386.